The Balaban J connectivity index is 1.80. The Morgan fingerprint density at radius 2 is 2.07 bits per heavy atom. The molecular formula is C20H21BFN5O2. The highest BCUT2D eigenvalue weighted by Crippen LogP contribution is 2.22. The van der Waals surface area contributed by atoms with Gasteiger partial charge < -0.3 is 10.1 Å². The highest BCUT2D eigenvalue weighted by Gasteiger charge is 2.19. The summed E-state index contributed by atoms with van der Waals surface area (Å²) in [5.41, 5.74) is 2.22. The molecule has 0 fully saturated rings. The van der Waals surface area contributed by atoms with Gasteiger partial charge in [0.2, 0.25) is 5.88 Å². The lowest BCUT2D eigenvalue weighted by molar-refractivity contribution is 0.0930. The van der Waals surface area contributed by atoms with Gasteiger partial charge in [0.15, 0.2) is 7.85 Å². The molecule has 2 heterocycles. The first-order chi connectivity index (χ1) is 14.0. The van der Waals surface area contributed by atoms with Crippen LogP contribution in [0.15, 0.2) is 42.9 Å². The second-order valence-electron chi connectivity index (χ2n) is 6.33. The molecular weight excluding hydrogens is 372 g/mol. The molecule has 0 saturated heterocycles. The summed E-state index contributed by atoms with van der Waals surface area (Å²) in [7, 11) is 1.78. The molecule has 3 aromatic rings. The fourth-order valence-electron chi connectivity index (χ4n) is 2.85. The first kappa shape index (κ1) is 20.4. The number of halogens is 1. The summed E-state index contributed by atoms with van der Waals surface area (Å²) in [6.45, 7) is 4.22. The minimum atomic E-state index is -0.641. The Morgan fingerprint density at radius 1 is 1.24 bits per heavy atom. The van der Waals surface area contributed by atoms with Crippen LogP contribution in [-0.2, 0) is 0 Å². The van der Waals surface area contributed by atoms with Crippen molar-refractivity contribution < 1.29 is 13.9 Å². The fraction of sp³-hybridized carbons (Fsp3) is 0.250. The number of carbonyl (C=O) groups excluding carboxylic acids is 1. The Labute approximate surface area is 169 Å². The van der Waals surface area contributed by atoms with Crippen molar-refractivity contribution in [1.29, 1.82) is 0 Å². The summed E-state index contributed by atoms with van der Waals surface area (Å²) in [5, 5.41) is 2.84. The summed E-state index contributed by atoms with van der Waals surface area (Å²) >= 11 is 0. The number of nitrogens with one attached hydrogen (secondary N) is 1. The standard InChI is InChI=1S/C20H21BFN5O2/c1-3-15(16-7-8-24-20(21)27-16)26-19(28)13-6-5-12(9-14(13)22)17-10-23-11-18(25-17)29-4-2/h5-11,15H,3-4,21H2,1-2H3,(H,26,28). The lowest BCUT2D eigenvalue weighted by Crippen LogP contribution is -2.31. The van der Waals surface area contributed by atoms with E-state index in [1.54, 1.807) is 26.2 Å². The number of ether oxygens (including phenoxy) is 1. The number of rotatable bonds is 7. The van der Waals surface area contributed by atoms with E-state index < -0.39 is 11.7 Å². The van der Waals surface area contributed by atoms with Gasteiger partial charge in [-0.1, -0.05) is 13.0 Å². The van der Waals surface area contributed by atoms with Gasteiger partial charge >= 0.3 is 0 Å². The Hall–Kier alpha value is -3.36. The van der Waals surface area contributed by atoms with Crippen LogP contribution in [0.1, 0.15) is 42.4 Å². The Kier molecular flexibility index (Phi) is 6.48. The lowest BCUT2D eigenvalue weighted by atomic mass is 10.1. The van der Waals surface area contributed by atoms with Crippen LogP contribution in [0.25, 0.3) is 11.3 Å². The van der Waals surface area contributed by atoms with Crippen LogP contribution in [0.5, 0.6) is 5.88 Å². The summed E-state index contributed by atoms with van der Waals surface area (Å²) in [4.78, 5) is 29.4. The van der Waals surface area contributed by atoms with E-state index in [1.807, 2.05) is 13.8 Å². The van der Waals surface area contributed by atoms with Gasteiger partial charge in [-0.15, -0.1) is 0 Å². The molecule has 0 radical (unpaired) electrons. The normalized spacial score (nSPS) is 11.7. The van der Waals surface area contributed by atoms with E-state index in [0.717, 1.165) is 0 Å². The monoisotopic (exact) mass is 393 g/mol. The lowest BCUT2D eigenvalue weighted by Gasteiger charge is -2.17. The van der Waals surface area contributed by atoms with Gasteiger partial charge in [0, 0.05) is 11.8 Å². The highest BCUT2D eigenvalue weighted by molar-refractivity contribution is 6.28. The van der Waals surface area contributed by atoms with Gasteiger partial charge in [-0.25, -0.2) is 14.4 Å². The number of hydrogen-bond acceptors (Lipinski definition) is 6. The second kappa shape index (κ2) is 9.23. The molecule has 9 heteroatoms. The van der Waals surface area contributed by atoms with Crippen LogP contribution >= 0.6 is 0 Å². The van der Waals surface area contributed by atoms with Crippen molar-refractivity contribution in [2.24, 2.45) is 0 Å². The van der Waals surface area contributed by atoms with E-state index in [9.17, 15) is 9.18 Å². The number of aromatic nitrogens is 4. The van der Waals surface area contributed by atoms with E-state index >= 15 is 0 Å². The molecule has 0 aliphatic rings. The molecule has 1 atom stereocenters. The summed E-state index contributed by atoms with van der Waals surface area (Å²) in [6, 6.07) is 5.74. The third-order valence-electron chi connectivity index (χ3n) is 4.28. The minimum Gasteiger partial charge on any atom is -0.477 e. The SMILES string of the molecule is Bc1nccc(C(CC)NC(=O)c2ccc(-c3cncc(OCC)n3)cc2F)n1. The van der Waals surface area contributed by atoms with Gasteiger partial charge in [-0.3, -0.25) is 14.8 Å². The number of benzene rings is 1. The number of carbonyl (C=O) groups is 1. The van der Waals surface area contributed by atoms with Crippen molar-refractivity contribution in [3.05, 3.63) is 59.9 Å². The molecule has 2 aromatic heterocycles. The third kappa shape index (κ3) is 4.93. The number of nitrogens with zero attached hydrogens (tertiary/aromatic N) is 4. The van der Waals surface area contributed by atoms with Crippen molar-refractivity contribution in [3.63, 3.8) is 0 Å². The zero-order valence-corrected chi connectivity index (χ0v) is 16.5. The molecule has 148 valence electrons. The van der Waals surface area contributed by atoms with Gasteiger partial charge in [0.1, 0.15) is 5.82 Å². The molecule has 1 aromatic carbocycles. The largest absolute Gasteiger partial charge is 0.477 e. The zero-order chi connectivity index (χ0) is 20.8. The summed E-state index contributed by atoms with van der Waals surface area (Å²) < 4.78 is 20.0. The average molecular weight is 393 g/mol. The maximum atomic E-state index is 14.7. The molecule has 3 rings (SSSR count). The predicted molar refractivity (Wildman–Crippen MR) is 109 cm³/mol. The molecule has 29 heavy (non-hydrogen) atoms. The van der Waals surface area contributed by atoms with Gasteiger partial charge in [0.25, 0.3) is 5.91 Å². The molecule has 0 spiro atoms. The Morgan fingerprint density at radius 3 is 2.76 bits per heavy atom. The molecule has 1 N–H and O–H groups in total. The maximum absolute atomic E-state index is 14.7. The van der Waals surface area contributed by atoms with Crippen LogP contribution in [0.2, 0.25) is 0 Å². The van der Waals surface area contributed by atoms with Crippen molar-refractivity contribution in [3.8, 4) is 17.1 Å². The van der Waals surface area contributed by atoms with Crippen molar-refractivity contribution in [2.45, 2.75) is 26.3 Å². The topological polar surface area (TPSA) is 89.9 Å². The second-order valence-corrected chi connectivity index (χ2v) is 6.33. The van der Waals surface area contributed by atoms with Gasteiger partial charge in [-0.2, -0.15) is 0 Å². The molecule has 0 aliphatic carbocycles. The van der Waals surface area contributed by atoms with Crippen LogP contribution < -0.4 is 15.8 Å². The van der Waals surface area contributed by atoms with Crippen LogP contribution in [0.4, 0.5) is 4.39 Å². The fourth-order valence-corrected chi connectivity index (χ4v) is 2.85. The first-order valence-corrected chi connectivity index (χ1v) is 9.37. The van der Waals surface area contributed by atoms with E-state index in [0.29, 0.717) is 41.6 Å². The average Bonchev–Trinajstić information content (AvgIpc) is 2.72. The predicted octanol–water partition coefficient (Wildman–Crippen LogP) is 1.61. The molecule has 7 nitrogen and oxygen atoms in total. The molecule has 0 saturated carbocycles. The molecule has 0 bridgehead atoms. The van der Waals surface area contributed by atoms with Crippen molar-refractivity contribution in [2.75, 3.05) is 6.61 Å². The molecule has 1 amide bonds. The van der Waals surface area contributed by atoms with Crippen LogP contribution in [0, 0.1) is 5.82 Å². The third-order valence-corrected chi connectivity index (χ3v) is 4.28. The van der Waals surface area contributed by atoms with Crippen molar-refractivity contribution >= 4 is 19.5 Å². The van der Waals surface area contributed by atoms with E-state index in [2.05, 4.69) is 25.3 Å². The van der Waals surface area contributed by atoms with E-state index in [4.69, 9.17) is 4.74 Å². The Bertz CT molecular complexity index is 1020. The zero-order valence-electron chi connectivity index (χ0n) is 16.5. The maximum Gasteiger partial charge on any atom is 0.254 e. The van der Waals surface area contributed by atoms with Crippen LogP contribution in [-0.4, -0.2) is 40.3 Å². The number of amides is 1. The van der Waals surface area contributed by atoms with Gasteiger partial charge in [0.05, 0.1) is 47.7 Å². The van der Waals surface area contributed by atoms with Crippen molar-refractivity contribution in [1.82, 2.24) is 25.3 Å². The van der Waals surface area contributed by atoms with Gasteiger partial charge in [-0.05, 0) is 31.5 Å². The quantitative estimate of drug-likeness (QED) is 0.614. The first-order valence-electron chi connectivity index (χ1n) is 9.37. The highest BCUT2D eigenvalue weighted by atomic mass is 19.1. The smallest absolute Gasteiger partial charge is 0.254 e. The summed E-state index contributed by atoms with van der Waals surface area (Å²) in [6.07, 6.45) is 5.26. The van der Waals surface area contributed by atoms with E-state index in [1.165, 1.54) is 24.5 Å². The summed E-state index contributed by atoms with van der Waals surface area (Å²) in [5.74, 6) is -0.790. The minimum absolute atomic E-state index is 0.0492. The van der Waals surface area contributed by atoms with Crippen LogP contribution in [0.3, 0.4) is 0 Å². The molecule has 0 aliphatic heterocycles. The molecule has 1 unspecified atom stereocenters. The van der Waals surface area contributed by atoms with E-state index in [-0.39, 0.29) is 11.6 Å². The number of hydrogen-bond donors (Lipinski definition) is 1.